The van der Waals surface area contributed by atoms with Gasteiger partial charge >= 0.3 is 0 Å². The maximum atomic E-state index is 13.4. The van der Waals surface area contributed by atoms with Gasteiger partial charge in [-0.3, -0.25) is 4.79 Å². The summed E-state index contributed by atoms with van der Waals surface area (Å²) in [5.74, 6) is 2.55. The number of methoxy groups -OCH3 is 1. The molecule has 1 aliphatic heterocycles. The molecule has 0 N–H and O–H groups in total. The van der Waals surface area contributed by atoms with Crippen LogP contribution >= 0.6 is 11.6 Å². The smallest absolute Gasteiger partial charge is 0.231 e. The van der Waals surface area contributed by atoms with Crippen LogP contribution in [0.4, 0.5) is 5.69 Å². The maximum Gasteiger partial charge on any atom is 0.231 e. The number of fused-ring (bicyclic) bond motifs is 1. The molecule has 0 aromatic heterocycles. The zero-order valence-electron chi connectivity index (χ0n) is 16.8. The molecular formula is C23H26ClNO4. The summed E-state index contributed by atoms with van der Waals surface area (Å²) in [6.45, 7) is 3.29. The molecule has 0 bridgehead atoms. The lowest BCUT2D eigenvalue weighted by molar-refractivity contribution is -0.118. The minimum atomic E-state index is 0.0418. The second kappa shape index (κ2) is 8.54. The highest BCUT2D eigenvalue weighted by Crippen LogP contribution is 2.40. The third-order valence-corrected chi connectivity index (χ3v) is 5.83. The molecule has 5 nitrogen and oxygen atoms in total. The van der Waals surface area contributed by atoms with E-state index in [1.165, 1.54) is 0 Å². The van der Waals surface area contributed by atoms with E-state index < -0.39 is 0 Å². The summed E-state index contributed by atoms with van der Waals surface area (Å²) in [5, 5.41) is 0.485. The van der Waals surface area contributed by atoms with Crippen LogP contribution in [-0.4, -0.2) is 32.3 Å². The highest BCUT2D eigenvalue weighted by molar-refractivity contribution is 6.32. The summed E-state index contributed by atoms with van der Waals surface area (Å²) in [6, 6.07) is 11.5. The quantitative estimate of drug-likeness (QED) is 0.674. The van der Waals surface area contributed by atoms with Crippen molar-refractivity contribution in [2.45, 2.75) is 38.6 Å². The van der Waals surface area contributed by atoms with E-state index in [0.717, 1.165) is 36.3 Å². The first-order chi connectivity index (χ1) is 14.1. The van der Waals surface area contributed by atoms with Crippen molar-refractivity contribution in [2.24, 2.45) is 5.92 Å². The molecule has 2 aromatic rings. The zero-order chi connectivity index (χ0) is 20.4. The molecule has 0 saturated heterocycles. The first-order valence-electron chi connectivity index (χ1n) is 10.1. The molecule has 1 aliphatic carbocycles. The van der Waals surface area contributed by atoms with Crippen molar-refractivity contribution < 1.29 is 19.0 Å². The molecule has 2 aromatic carbocycles. The van der Waals surface area contributed by atoms with Gasteiger partial charge in [0.05, 0.1) is 31.8 Å². The lowest BCUT2D eigenvalue weighted by Crippen LogP contribution is -2.41. The minimum absolute atomic E-state index is 0.0418. The Labute approximate surface area is 176 Å². The number of carbonyl (C=O) groups excluding carboxylic acids is 1. The predicted molar refractivity (Wildman–Crippen MR) is 113 cm³/mol. The SMILES string of the molecule is COc1ccc(N(C(=O)Cc2cc(Cl)c3c(c2)OCCCO3)C(C)C2CC2)cc1. The molecule has 1 atom stereocenters. The van der Waals surface area contributed by atoms with Crippen LogP contribution in [-0.2, 0) is 11.2 Å². The first kappa shape index (κ1) is 19.9. The van der Waals surface area contributed by atoms with E-state index in [4.69, 9.17) is 25.8 Å². The van der Waals surface area contributed by atoms with Gasteiger partial charge in [-0.15, -0.1) is 0 Å². The number of ether oxygens (including phenoxy) is 3. The average Bonchev–Trinajstić information content (AvgIpc) is 3.56. The molecule has 1 saturated carbocycles. The number of anilines is 1. The average molecular weight is 416 g/mol. The Bertz CT molecular complexity index is 879. The molecule has 154 valence electrons. The summed E-state index contributed by atoms with van der Waals surface area (Å²) in [4.78, 5) is 15.3. The van der Waals surface area contributed by atoms with Crippen LogP contribution in [0.2, 0.25) is 5.02 Å². The summed E-state index contributed by atoms with van der Waals surface area (Å²) in [5.41, 5.74) is 1.71. The van der Waals surface area contributed by atoms with E-state index >= 15 is 0 Å². The predicted octanol–water partition coefficient (Wildman–Crippen LogP) is 4.88. The Kier molecular flexibility index (Phi) is 5.86. The van der Waals surface area contributed by atoms with Gasteiger partial charge in [0.25, 0.3) is 0 Å². The Balaban J connectivity index is 1.59. The molecule has 0 spiro atoms. The Morgan fingerprint density at radius 2 is 1.93 bits per heavy atom. The normalized spacial score (nSPS) is 16.7. The van der Waals surface area contributed by atoms with Crippen molar-refractivity contribution in [1.29, 1.82) is 0 Å². The van der Waals surface area contributed by atoms with Crippen molar-refractivity contribution in [3.8, 4) is 17.2 Å². The van der Waals surface area contributed by atoms with Crippen LogP contribution in [0.15, 0.2) is 36.4 Å². The number of amides is 1. The molecular weight excluding hydrogens is 390 g/mol. The third-order valence-electron chi connectivity index (χ3n) is 5.55. The summed E-state index contributed by atoms with van der Waals surface area (Å²) < 4.78 is 16.7. The molecule has 0 radical (unpaired) electrons. The minimum Gasteiger partial charge on any atom is -0.497 e. The van der Waals surface area contributed by atoms with Gasteiger partial charge in [0.15, 0.2) is 11.5 Å². The van der Waals surface area contributed by atoms with Crippen LogP contribution in [0.3, 0.4) is 0 Å². The number of carbonyl (C=O) groups is 1. The van der Waals surface area contributed by atoms with Crippen LogP contribution in [0.25, 0.3) is 0 Å². The molecule has 6 heteroatoms. The van der Waals surface area contributed by atoms with Crippen molar-refractivity contribution in [1.82, 2.24) is 0 Å². The molecule has 1 heterocycles. The zero-order valence-corrected chi connectivity index (χ0v) is 17.6. The van der Waals surface area contributed by atoms with Crippen molar-refractivity contribution in [3.63, 3.8) is 0 Å². The highest BCUT2D eigenvalue weighted by atomic mass is 35.5. The Morgan fingerprint density at radius 1 is 1.21 bits per heavy atom. The molecule has 2 aliphatic rings. The summed E-state index contributed by atoms with van der Waals surface area (Å²) in [7, 11) is 1.64. The number of nitrogens with zero attached hydrogens (tertiary/aromatic N) is 1. The fourth-order valence-electron chi connectivity index (χ4n) is 3.78. The second-order valence-corrected chi connectivity index (χ2v) is 8.08. The number of hydrogen-bond donors (Lipinski definition) is 0. The van der Waals surface area contributed by atoms with E-state index in [0.29, 0.717) is 35.7 Å². The monoisotopic (exact) mass is 415 g/mol. The number of halogens is 1. The second-order valence-electron chi connectivity index (χ2n) is 7.67. The largest absolute Gasteiger partial charge is 0.497 e. The van der Waals surface area contributed by atoms with Crippen molar-refractivity contribution in [3.05, 3.63) is 47.0 Å². The van der Waals surface area contributed by atoms with Crippen LogP contribution in [0.1, 0.15) is 31.7 Å². The van der Waals surface area contributed by atoms with Gasteiger partial charge in [-0.05, 0) is 67.6 Å². The lowest BCUT2D eigenvalue weighted by atomic mass is 10.1. The fourth-order valence-corrected chi connectivity index (χ4v) is 4.07. The van der Waals surface area contributed by atoms with Gasteiger partial charge in [-0.1, -0.05) is 11.6 Å². The lowest BCUT2D eigenvalue weighted by Gasteiger charge is -2.30. The van der Waals surface area contributed by atoms with Gasteiger partial charge in [0, 0.05) is 18.2 Å². The van der Waals surface area contributed by atoms with Crippen LogP contribution in [0, 0.1) is 5.92 Å². The summed E-state index contributed by atoms with van der Waals surface area (Å²) >= 11 is 6.41. The molecule has 1 amide bonds. The first-order valence-corrected chi connectivity index (χ1v) is 10.5. The summed E-state index contributed by atoms with van der Waals surface area (Å²) in [6.07, 6.45) is 3.39. The number of hydrogen-bond acceptors (Lipinski definition) is 4. The topological polar surface area (TPSA) is 48.0 Å². The number of benzene rings is 2. The van der Waals surface area contributed by atoms with Gasteiger partial charge in [0.1, 0.15) is 5.75 Å². The van der Waals surface area contributed by atoms with Crippen molar-refractivity contribution >= 4 is 23.2 Å². The maximum absolute atomic E-state index is 13.4. The van der Waals surface area contributed by atoms with E-state index in [9.17, 15) is 4.79 Å². The standard InChI is InChI=1S/C23H26ClNO4/c1-15(17-4-5-17)25(18-6-8-19(27-2)9-7-18)22(26)14-16-12-20(24)23-21(13-16)28-10-3-11-29-23/h6-9,12-13,15,17H,3-5,10-11,14H2,1-2H3. The Hall–Kier alpha value is -2.40. The van der Waals surface area contributed by atoms with Gasteiger partial charge < -0.3 is 19.1 Å². The molecule has 4 rings (SSSR count). The van der Waals surface area contributed by atoms with E-state index in [1.807, 2.05) is 35.2 Å². The van der Waals surface area contributed by atoms with Crippen LogP contribution < -0.4 is 19.1 Å². The highest BCUT2D eigenvalue weighted by Gasteiger charge is 2.35. The van der Waals surface area contributed by atoms with Crippen LogP contribution in [0.5, 0.6) is 17.2 Å². The van der Waals surface area contributed by atoms with Gasteiger partial charge in [-0.25, -0.2) is 0 Å². The molecule has 1 unspecified atom stereocenters. The molecule has 1 fully saturated rings. The van der Waals surface area contributed by atoms with Crippen molar-refractivity contribution in [2.75, 3.05) is 25.2 Å². The Morgan fingerprint density at radius 3 is 2.62 bits per heavy atom. The third kappa shape index (κ3) is 4.45. The van der Waals surface area contributed by atoms with E-state index in [2.05, 4.69) is 6.92 Å². The fraction of sp³-hybridized carbons (Fsp3) is 0.435. The molecule has 29 heavy (non-hydrogen) atoms. The van der Waals surface area contributed by atoms with E-state index in [-0.39, 0.29) is 18.4 Å². The van der Waals surface area contributed by atoms with E-state index in [1.54, 1.807) is 13.2 Å². The number of rotatable bonds is 6. The van der Waals surface area contributed by atoms with Gasteiger partial charge in [0.2, 0.25) is 5.91 Å². The van der Waals surface area contributed by atoms with Gasteiger partial charge in [-0.2, -0.15) is 0 Å².